The molecule has 1 aromatic carbocycles. The van der Waals surface area contributed by atoms with Gasteiger partial charge in [-0.2, -0.15) is 0 Å². The molecular weight excluding hydrogens is 217 g/mol. The second kappa shape index (κ2) is 6.77. The Hall–Kier alpha value is -0.640. The van der Waals surface area contributed by atoms with Crippen LogP contribution in [-0.2, 0) is 11.3 Å². The lowest BCUT2D eigenvalue weighted by atomic mass is 10.2. The first-order chi connectivity index (χ1) is 7.24. The first kappa shape index (κ1) is 12.4. The van der Waals surface area contributed by atoms with Crippen LogP contribution in [0, 0.1) is 5.82 Å². The zero-order chi connectivity index (χ0) is 11.1. The van der Waals surface area contributed by atoms with Gasteiger partial charge in [0.2, 0.25) is 0 Å². The molecule has 0 spiro atoms. The molecule has 1 rings (SSSR count). The molecule has 15 heavy (non-hydrogen) atoms. The highest BCUT2D eigenvalue weighted by Gasteiger charge is 2.02. The van der Waals surface area contributed by atoms with E-state index in [9.17, 15) is 4.39 Å². The van der Waals surface area contributed by atoms with E-state index in [1.165, 1.54) is 6.07 Å². The van der Waals surface area contributed by atoms with Crippen LogP contribution in [0.2, 0.25) is 5.02 Å². The Morgan fingerprint density at radius 1 is 1.47 bits per heavy atom. The summed E-state index contributed by atoms with van der Waals surface area (Å²) in [5.74, 6) is -0.314. The maximum Gasteiger partial charge on any atom is 0.130 e. The molecule has 1 aromatic rings. The van der Waals surface area contributed by atoms with E-state index in [2.05, 4.69) is 5.32 Å². The van der Waals surface area contributed by atoms with Gasteiger partial charge < -0.3 is 10.1 Å². The summed E-state index contributed by atoms with van der Waals surface area (Å²) >= 11 is 5.63. The van der Waals surface area contributed by atoms with Crippen LogP contribution in [0.4, 0.5) is 4.39 Å². The molecule has 0 radical (unpaired) electrons. The van der Waals surface area contributed by atoms with E-state index in [0.717, 1.165) is 13.1 Å². The molecule has 0 aromatic heterocycles. The standard InChI is InChI=1S/C11H15ClFNO/c1-2-14-5-6-15-8-9-3-4-10(12)7-11(9)13/h3-4,7,14H,2,5-6,8H2,1H3. The second-order valence-corrected chi connectivity index (χ2v) is 3.58. The van der Waals surface area contributed by atoms with Crippen molar-refractivity contribution < 1.29 is 9.13 Å². The highest BCUT2D eigenvalue weighted by molar-refractivity contribution is 6.30. The Bertz CT molecular complexity index is 307. The van der Waals surface area contributed by atoms with Gasteiger partial charge in [0.1, 0.15) is 5.82 Å². The van der Waals surface area contributed by atoms with Crippen molar-refractivity contribution in [1.29, 1.82) is 0 Å². The highest BCUT2D eigenvalue weighted by Crippen LogP contribution is 2.15. The van der Waals surface area contributed by atoms with Crippen molar-refractivity contribution in [3.63, 3.8) is 0 Å². The third-order valence-corrected chi connectivity index (χ3v) is 2.18. The largest absolute Gasteiger partial charge is 0.375 e. The molecule has 1 N–H and O–H groups in total. The van der Waals surface area contributed by atoms with E-state index in [1.54, 1.807) is 12.1 Å². The van der Waals surface area contributed by atoms with Gasteiger partial charge >= 0.3 is 0 Å². The molecule has 0 fully saturated rings. The van der Waals surface area contributed by atoms with Crippen molar-refractivity contribution in [2.45, 2.75) is 13.5 Å². The summed E-state index contributed by atoms with van der Waals surface area (Å²) in [5, 5.41) is 3.52. The number of likely N-dealkylation sites (N-methyl/N-ethyl adjacent to an activating group) is 1. The summed E-state index contributed by atoms with van der Waals surface area (Å²) in [6.45, 7) is 4.59. The summed E-state index contributed by atoms with van der Waals surface area (Å²) in [7, 11) is 0. The maximum absolute atomic E-state index is 13.2. The van der Waals surface area contributed by atoms with Crippen molar-refractivity contribution in [3.8, 4) is 0 Å². The molecule has 0 unspecified atom stereocenters. The number of hydrogen-bond donors (Lipinski definition) is 1. The first-order valence-electron chi connectivity index (χ1n) is 4.96. The third-order valence-electron chi connectivity index (χ3n) is 1.95. The first-order valence-corrected chi connectivity index (χ1v) is 5.34. The molecule has 84 valence electrons. The number of nitrogens with one attached hydrogen (secondary N) is 1. The average Bonchev–Trinajstić information content (AvgIpc) is 2.20. The van der Waals surface area contributed by atoms with Crippen LogP contribution in [0.5, 0.6) is 0 Å². The minimum atomic E-state index is -0.314. The molecule has 0 aliphatic rings. The van der Waals surface area contributed by atoms with Crippen LogP contribution >= 0.6 is 11.6 Å². The van der Waals surface area contributed by atoms with Crippen molar-refractivity contribution in [1.82, 2.24) is 5.32 Å². The smallest absolute Gasteiger partial charge is 0.130 e. The molecule has 0 bridgehead atoms. The van der Waals surface area contributed by atoms with Gasteiger partial charge in [-0.25, -0.2) is 4.39 Å². The number of benzene rings is 1. The van der Waals surface area contributed by atoms with Crippen molar-refractivity contribution in [3.05, 3.63) is 34.6 Å². The molecule has 4 heteroatoms. The van der Waals surface area contributed by atoms with E-state index < -0.39 is 0 Å². The van der Waals surface area contributed by atoms with Crippen LogP contribution in [0.3, 0.4) is 0 Å². The van der Waals surface area contributed by atoms with E-state index in [4.69, 9.17) is 16.3 Å². The van der Waals surface area contributed by atoms with E-state index >= 15 is 0 Å². The van der Waals surface area contributed by atoms with Gasteiger partial charge in [-0.3, -0.25) is 0 Å². The number of halogens is 2. The molecule has 0 amide bonds. The molecule has 0 atom stereocenters. The number of hydrogen-bond acceptors (Lipinski definition) is 2. The van der Waals surface area contributed by atoms with E-state index in [0.29, 0.717) is 17.2 Å². The maximum atomic E-state index is 13.2. The topological polar surface area (TPSA) is 21.3 Å². The molecule has 0 aliphatic heterocycles. The van der Waals surface area contributed by atoms with Crippen molar-refractivity contribution in [2.24, 2.45) is 0 Å². The minimum Gasteiger partial charge on any atom is -0.375 e. The van der Waals surface area contributed by atoms with Crippen molar-refractivity contribution >= 4 is 11.6 Å². The van der Waals surface area contributed by atoms with Gasteiger partial charge in [0.25, 0.3) is 0 Å². The lowest BCUT2D eigenvalue weighted by molar-refractivity contribution is 0.120. The molecule has 2 nitrogen and oxygen atoms in total. The monoisotopic (exact) mass is 231 g/mol. The van der Waals surface area contributed by atoms with Crippen LogP contribution in [0.25, 0.3) is 0 Å². The predicted molar refractivity (Wildman–Crippen MR) is 59.6 cm³/mol. The summed E-state index contributed by atoms with van der Waals surface area (Å²) in [6, 6.07) is 4.60. The van der Waals surface area contributed by atoms with Crippen LogP contribution in [0.1, 0.15) is 12.5 Å². The third kappa shape index (κ3) is 4.60. The summed E-state index contributed by atoms with van der Waals surface area (Å²) in [5.41, 5.74) is 0.538. The molecule has 0 saturated carbocycles. The molecule has 0 aliphatic carbocycles. The summed E-state index contributed by atoms with van der Waals surface area (Å²) in [6.07, 6.45) is 0. The fourth-order valence-corrected chi connectivity index (χ4v) is 1.30. The minimum absolute atomic E-state index is 0.286. The van der Waals surface area contributed by atoms with Gasteiger partial charge in [-0.1, -0.05) is 24.6 Å². The molecule has 0 saturated heterocycles. The Morgan fingerprint density at radius 3 is 2.93 bits per heavy atom. The van der Waals surface area contributed by atoms with E-state index in [-0.39, 0.29) is 12.4 Å². The van der Waals surface area contributed by atoms with Gasteiger partial charge in [0.05, 0.1) is 13.2 Å². The number of ether oxygens (including phenoxy) is 1. The van der Waals surface area contributed by atoms with Crippen LogP contribution in [0.15, 0.2) is 18.2 Å². The zero-order valence-electron chi connectivity index (χ0n) is 8.72. The van der Waals surface area contributed by atoms with Crippen LogP contribution in [-0.4, -0.2) is 19.7 Å². The van der Waals surface area contributed by atoms with E-state index in [1.807, 2.05) is 6.92 Å². The average molecular weight is 232 g/mol. The SMILES string of the molecule is CCNCCOCc1ccc(Cl)cc1F. The van der Waals surface area contributed by atoms with Gasteiger partial charge in [0, 0.05) is 17.1 Å². The predicted octanol–water partition coefficient (Wildman–Crippen LogP) is 2.61. The quantitative estimate of drug-likeness (QED) is 0.760. The van der Waals surface area contributed by atoms with Gasteiger partial charge in [-0.15, -0.1) is 0 Å². The van der Waals surface area contributed by atoms with Gasteiger partial charge in [0.15, 0.2) is 0 Å². The zero-order valence-corrected chi connectivity index (χ0v) is 9.48. The fourth-order valence-electron chi connectivity index (χ4n) is 1.14. The fraction of sp³-hybridized carbons (Fsp3) is 0.455. The Labute approximate surface area is 94.4 Å². The second-order valence-electron chi connectivity index (χ2n) is 3.14. The Kier molecular flexibility index (Phi) is 5.61. The lowest BCUT2D eigenvalue weighted by Gasteiger charge is -2.06. The highest BCUT2D eigenvalue weighted by atomic mass is 35.5. The summed E-state index contributed by atoms with van der Waals surface area (Å²) in [4.78, 5) is 0. The van der Waals surface area contributed by atoms with Crippen molar-refractivity contribution in [2.75, 3.05) is 19.7 Å². The Morgan fingerprint density at radius 2 is 2.27 bits per heavy atom. The summed E-state index contributed by atoms with van der Waals surface area (Å²) < 4.78 is 18.5. The molecule has 0 heterocycles. The lowest BCUT2D eigenvalue weighted by Crippen LogP contribution is -2.18. The normalized spacial score (nSPS) is 10.6. The molecular formula is C11H15ClFNO. The van der Waals surface area contributed by atoms with Gasteiger partial charge in [-0.05, 0) is 18.7 Å². The van der Waals surface area contributed by atoms with Crippen LogP contribution < -0.4 is 5.32 Å². The number of rotatable bonds is 6. The Balaban J connectivity index is 2.31.